The second-order valence-corrected chi connectivity index (χ2v) is 15.9. The summed E-state index contributed by atoms with van der Waals surface area (Å²) in [5, 5.41) is 2.58. The molecule has 2 heteroatoms. The van der Waals surface area contributed by atoms with Gasteiger partial charge in [0.2, 0.25) is 0 Å². The SMILES string of the molecule is c1ccc(-c2ccc(N(c3ccccc3)c3ccccc3-c3cccc4sc5cc(C6(c7ccccc7)c7ccccc7-c7ccccc76)ccc5c34)cc2)cc1. The zero-order valence-corrected chi connectivity index (χ0v) is 32.0. The van der Waals surface area contributed by atoms with Crippen molar-refractivity contribution in [2.24, 2.45) is 0 Å². The van der Waals surface area contributed by atoms with E-state index in [1.54, 1.807) is 0 Å². The van der Waals surface area contributed by atoms with Crippen molar-refractivity contribution in [1.82, 2.24) is 0 Å². The number of para-hydroxylation sites is 2. The first kappa shape index (κ1) is 33.3. The molecule has 0 saturated heterocycles. The van der Waals surface area contributed by atoms with Crippen LogP contribution in [0.3, 0.4) is 0 Å². The Labute approximate surface area is 337 Å². The molecule has 1 aromatic heterocycles. The zero-order valence-electron chi connectivity index (χ0n) is 31.2. The minimum Gasteiger partial charge on any atom is -0.310 e. The van der Waals surface area contributed by atoms with E-state index in [2.05, 4.69) is 229 Å². The maximum Gasteiger partial charge on any atom is 0.0714 e. The summed E-state index contributed by atoms with van der Waals surface area (Å²) >= 11 is 1.89. The smallest absolute Gasteiger partial charge is 0.0714 e. The van der Waals surface area contributed by atoms with E-state index < -0.39 is 5.41 Å². The molecule has 0 N–H and O–H groups in total. The maximum absolute atomic E-state index is 2.48. The van der Waals surface area contributed by atoms with Gasteiger partial charge < -0.3 is 4.90 Å². The standard InChI is InChI=1S/C55H37NS/c1-4-17-38(18-5-1)39-31-34-43(35-32-39)56(42-21-8-3-9-22-42)51-29-15-12-25-46(51)47-26-16-30-52-54(47)48-36-33-41(37-53(48)57-52)55(40-19-6-2-7-20-40)49-27-13-10-23-44(49)45-24-11-14-28-50(45)55/h1-37H. The predicted molar refractivity (Wildman–Crippen MR) is 242 cm³/mol. The molecule has 0 spiro atoms. The molecule has 268 valence electrons. The summed E-state index contributed by atoms with van der Waals surface area (Å²) in [6, 6.07) is 82.3. The molecular weight excluding hydrogens is 707 g/mol. The first-order valence-electron chi connectivity index (χ1n) is 19.6. The van der Waals surface area contributed by atoms with Crippen LogP contribution in [0.2, 0.25) is 0 Å². The molecule has 0 aliphatic heterocycles. The Morgan fingerprint density at radius 1 is 0.351 bits per heavy atom. The van der Waals surface area contributed by atoms with Crippen molar-refractivity contribution in [1.29, 1.82) is 0 Å². The van der Waals surface area contributed by atoms with Crippen LogP contribution in [-0.4, -0.2) is 0 Å². The third-order valence-electron chi connectivity index (χ3n) is 11.8. The van der Waals surface area contributed by atoms with Gasteiger partial charge in [0.25, 0.3) is 0 Å². The Hall–Kier alpha value is -7.00. The van der Waals surface area contributed by atoms with E-state index in [1.165, 1.54) is 75.8 Å². The average Bonchev–Trinajstić information content (AvgIpc) is 3.82. The summed E-state index contributed by atoms with van der Waals surface area (Å²) < 4.78 is 2.58. The summed E-state index contributed by atoms with van der Waals surface area (Å²) in [4.78, 5) is 2.40. The van der Waals surface area contributed by atoms with Gasteiger partial charge in [-0.05, 0) is 92.5 Å². The largest absolute Gasteiger partial charge is 0.310 e. The highest BCUT2D eigenvalue weighted by Crippen LogP contribution is 2.57. The van der Waals surface area contributed by atoms with Crippen LogP contribution in [0.25, 0.3) is 53.6 Å². The quantitative estimate of drug-likeness (QED) is 0.157. The maximum atomic E-state index is 2.48. The fraction of sp³-hybridized carbons (Fsp3) is 0.0182. The molecule has 0 amide bonds. The van der Waals surface area contributed by atoms with Crippen molar-refractivity contribution in [3.05, 3.63) is 247 Å². The third-order valence-corrected chi connectivity index (χ3v) is 12.9. The molecule has 9 aromatic carbocycles. The van der Waals surface area contributed by atoms with E-state index in [-0.39, 0.29) is 0 Å². The molecule has 1 nitrogen and oxygen atoms in total. The van der Waals surface area contributed by atoms with E-state index in [1.807, 2.05) is 11.3 Å². The van der Waals surface area contributed by atoms with E-state index >= 15 is 0 Å². The number of hydrogen-bond acceptors (Lipinski definition) is 2. The van der Waals surface area contributed by atoms with Crippen LogP contribution >= 0.6 is 11.3 Å². The van der Waals surface area contributed by atoms with E-state index in [0.29, 0.717) is 0 Å². The summed E-state index contributed by atoms with van der Waals surface area (Å²) in [5.41, 5.74) is 15.7. The van der Waals surface area contributed by atoms with Gasteiger partial charge in [0.1, 0.15) is 0 Å². The van der Waals surface area contributed by atoms with Crippen molar-refractivity contribution in [3.63, 3.8) is 0 Å². The van der Waals surface area contributed by atoms with Gasteiger partial charge in [-0.1, -0.05) is 182 Å². The van der Waals surface area contributed by atoms with Gasteiger partial charge in [0.15, 0.2) is 0 Å². The molecule has 10 aromatic rings. The van der Waals surface area contributed by atoms with Crippen molar-refractivity contribution >= 4 is 48.6 Å². The third kappa shape index (κ3) is 5.29. The van der Waals surface area contributed by atoms with Crippen LogP contribution in [0.1, 0.15) is 22.3 Å². The van der Waals surface area contributed by atoms with Gasteiger partial charge in [0.05, 0.1) is 11.1 Å². The number of thiophene rings is 1. The van der Waals surface area contributed by atoms with E-state index in [9.17, 15) is 0 Å². The summed E-state index contributed by atoms with van der Waals surface area (Å²) in [5.74, 6) is 0. The van der Waals surface area contributed by atoms with Crippen LogP contribution in [0, 0.1) is 0 Å². The molecule has 0 saturated carbocycles. The topological polar surface area (TPSA) is 3.24 Å². The number of hydrogen-bond donors (Lipinski definition) is 0. The number of benzene rings is 9. The Kier molecular flexibility index (Phi) is 7.98. The monoisotopic (exact) mass is 743 g/mol. The number of anilines is 3. The molecule has 0 bridgehead atoms. The predicted octanol–water partition coefficient (Wildman–Crippen LogP) is 15.2. The van der Waals surface area contributed by atoms with Crippen LogP contribution < -0.4 is 4.90 Å². The van der Waals surface area contributed by atoms with Crippen molar-refractivity contribution in [3.8, 4) is 33.4 Å². The molecule has 1 heterocycles. The highest BCUT2D eigenvalue weighted by Gasteiger charge is 2.46. The van der Waals surface area contributed by atoms with Crippen LogP contribution in [0.4, 0.5) is 17.1 Å². The lowest BCUT2D eigenvalue weighted by molar-refractivity contribution is 0.770. The molecule has 0 unspecified atom stereocenters. The fourth-order valence-corrected chi connectivity index (χ4v) is 10.5. The van der Waals surface area contributed by atoms with Crippen LogP contribution in [0.5, 0.6) is 0 Å². The van der Waals surface area contributed by atoms with Gasteiger partial charge >= 0.3 is 0 Å². The van der Waals surface area contributed by atoms with Crippen molar-refractivity contribution in [2.75, 3.05) is 4.90 Å². The average molecular weight is 744 g/mol. The Bertz CT molecular complexity index is 3010. The minimum absolute atomic E-state index is 0.430. The molecule has 0 radical (unpaired) electrons. The normalized spacial score (nSPS) is 12.7. The Morgan fingerprint density at radius 3 is 1.60 bits per heavy atom. The van der Waals surface area contributed by atoms with Crippen LogP contribution in [0.15, 0.2) is 224 Å². The molecular formula is C55H37NS. The number of nitrogens with zero attached hydrogens (tertiary/aromatic N) is 1. The molecule has 1 aliphatic rings. The summed E-state index contributed by atoms with van der Waals surface area (Å²) in [6.45, 7) is 0. The lowest BCUT2D eigenvalue weighted by Crippen LogP contribution is -2.28. The lowest BCUT2D eigenvalue weighted by Gasteiger charge is -2.33. The first-order valence-corrected chi connectivity index (χ1v) is 20.4. The molecule has 0 atom stereocenters. The van der Waals surface area contributed by atoms with Crippen molar-refractivity contribution in [2.45, 2.75) is 5.41 Å². The fourth-order valence-electron chi connectivity index (χ4n) is 9.33. The van der Waals surface area contributed by atoms with Gasteiger partial charge in [-0.3, -0.25) is 0 Å². The Balaban J connectivity index is 1.10. The first-order chi connectivity index (χ1) is 28.3. The second kappa shape index (κ2) is 13.6. The second-order valence-electron chi connectivity index (χ2n) is 14.8. The molecule has 1 aliphatic carbocycles. The number of fused-ring (bicyclic) bond motifs is 6. The van der Waals surface area contributed by atoms with Gasteiger partial charge in [-0.25, -0.2) is 0 Å². The van der Waals surface area contributed by atoms with Gasteiger partial charge in [-0.15, -0.1) is 11.3 Å². The van der Waals surface area contributed by atoms with E-state index in [0.717, 1.165) is 17.1 Å². The Morgan fingerprint density at radius 2 is 0.895 bits per heavy atom. The summed E-state index contributed by atoms with van der Waals surface area (Å²) in [6.07, 6.45) is 0. The van der Waals surface area contributed by atoms with Gasteiger partial charge in [0, 0.05) is 37.1 Å². The summed E-state index contributed by atoms with van der Waals surface area (Å²) in [7, 11) is 0. The molecule has 57 heavy (non-hydrogen) atoms. The minimum atomic E-state index is -0.430. The molecule has 11 rings (SSSR count). The highest BCUT2D eigenvalue weighted by atomic mass is 32.1. The zero-order chi connectivity index (χ0) is 37.8. The lowest BCUT2D eigenvalue weighted by atomic mass is 9.67. The van der Waals surface area contributed by atoms with Crippen LogP contribution in [-0.2, 0) is 5.41 Å². The van der Waals surface area contributed by atoms with Gasteiger partial charge in [-0.2, -0.15) is 0 Å². The number of rotatable bonds is 7. The van der Waals surface area contributed by atoms with E-state index in [4.69, 9.17) is 0 Å². The van der Waals surface area contributed by atoms with Crippen molar-refractivity contribution < 1.29 is 0 Å². The highest BCUT2D eigenvalue weighted by molar-refractivity contribution is 7.26. The molecule has 0 fully saturated rings.